The molecule has 3 aromatic rings. The molecular formula is C43H49F2N11O8. The van der Waals surface area contributed by atoms with Gasteiger partial charge in [-0.1, -0.05) is 6.07 Å². The van der Waals surface area contributed by atoms with Crippen LogP contribution < -0.4 is 35.4 Å². The Morgan fingerprint density at radius 2 is 1.69 bits per heavy atom. The van der Waals surface area contributed by atoms with Gasteiger partial charge in [-0.15, -0.1) is 0 Å². The summed E-state index contributed by atoms with van der Waals surface area (Å²) in [5.74, 6) is -7.01. The number of piperidine rings is 2. The van der Waals surface area contributed by atoms with Gasteiger partial charge in [0.15, 0.2) is 5.82 Å². The molecule has 7 amide bonds. The lowest BCUT2D eigenvalue weighted by Gasteiger charge is -2.38. The molecule has 0 aliphatic carbocycles. The van der Waals surface area contributed by atoms with Gasteiger partial charge in [-0.05, 0) is 63.4 Å². The number of rotatable bonds is 10. The van der Waals surface area contributed by atoms with E-state index in [-0.39, 0.29) is 65.8 Å². The standard InChI is InChI=1S/C43H49F2N11O8/c1-24(2)55-23-43(44,45)41(63)51(3)31-21-46-42(50-36(31)55)48-28-9-8-25(20-32(28)64-4)37(59)47-26-12-14-54(15-13-26)34(58)22-52-16-18-53(19-17-52)29-7-5-6-27-35(29)40(62)56(39(27)61)30-10-11-33(57)49-38(30)60/h5-9,20-21,24,26,30H,10-19,22-23H2,1-4H3,(H,47,59)(H,46,48,50)(H,49,57,60). The average molecular weight is 886 g/mol. The van der Waals surface area contributed by atoms with Crippen LogP contribution in [0.2, 0.25) is 0 Å². The molecule has 0 radical (unpaired) electrons. The van der Waals surface area contributed by atoms with E-state index < -0.39 is 54.1 Å². The fourth-order valence-electron chi connectivity index (χ4n) is 8.81. The highest BCUT2D eigenvalue weighted by atomic mass is 19.3. The Labute approximate surface area is 367 Å². The first-order valence-electron chi connectivity index (χ1n) is 21.2. The Bertz CT molecular complexity index is 2420. The Morgan fingerprint density at radius 3 is 2.38 bits per heavy atom. The number of hydrogen-bond donors (Lipinski definition) is 3. The number of likely N-dealkylation sites (tertiary alicyclic amines) is 1. The minimum atomic E-state index is -3.63. The summed E-state index contributed by atoms with van der Waals surface area (Å²) in [7, 11) is 2.70. The maximum absolute atomic E-state index is 14.8. The molecular weight excluding hydrogens is 837 g/mol. The first-order chi connectivity index (χ1) is 30.5. The number of nitrogens with one attached hydrogen (secondary N) is 3. The SMILES string of the molecule is COc1cc(C(=O)NC2CCN(C(=O)CN3CCN(c4cccc5c4C(=O)N(C4CCC(=O)NC4=O)C5=O)CC3)CC2)ccc1Nc1ncc2c(n1)N(C(C)C)CC(F)(F)C(=O)N2C. The highest BCUT2D eigenvalue weighted by molar-refractivity contribution is 6.25. The molecule has 338 valence electrons. The van der Waals surface area contributed by atoms with Crippen molar-refractivity contribution in [1.82, 2.24) is 35.3 Å². The predicted octanol–water partition coefficient (Wildman–Crippen LogP) is 2.00. The van der Waals surface area contributed by atoms with Crippen molar-refractivity contribution in [3.8, 4) is 5.75 Å². The zero-order valence-corrected chi connectivity index (χ0v) is 35.9. The van der Waals surface area contributed by atoms with E-state index >= 15 is 0 Å². The van der Waals surface area contributed by atoms with Crippen LogP contribution in [0.1, 0.15) is 70.6 Å². The van der Waals surface area contributed by atoms with Gasteiger partial charge < -0.3 is 35.0 Å². The van der Waals surface area contributed by atoms with Crippen molar-refractivity contribution in [2.45, 2.75) is 63.6 Å². The second kappa shape index (κ2) is 17.4. The average Bonchev–Trinajstić information content (AvgIpc) is 3.49. The number of nitrogens with zero attached hydrogens (tertiary/aromatic N) is 8. The van der Waals surface area contributed by atoms with E-state index in [1.807, 2.05) is 9.80 Å². The molecule has 0 bridgehead atoms. The van der Waals surface area contributed by atoms with Gasteiger partial charge in [-0.2, -0.15) is 13.8 Å². The van der Waals surface area contributed by atoms with Crippen LogP contribution in [-0.4, -0.2) is 157 Å². The third-order valence-corrected chi connectivity index (χ3v) is 12.4. The van der Waals surface area contributed by atoms with Crippen LogP contribution in [0.25, 0.3) is 0 Å². The molecule has 19 nitrogen and oxygen atoms in total. The van der Waals surface area contributed by atoms with Crippen LogP contribution in [-0.2, 0) is 19.2 Å². The molecule has 1 unspecified atom stereocenters. The zero-order chi connectivity index (χ0) is 45.6. The van der Waals surface area contributed by atoms with Crippen LogP contribution in [0.5, 0.6) is 5.75 Å². The zero-order valence-electron chi connectivity index (χ0n) is 35.9. The second-order valence-electron chi connectivity index (χ2n) is 16.8. The van der Waals surface area contributed by atoms with Gasteiger partial charge in [-0.3, -0.25) is 48.7 Å². The van der Waals surface area contributed by atoms with Crippen molar-refractivity contribution in [2.24, 2.45) is 0 Å². The van der Waals surface area contributed by atoms with Crippen molar-refractivity contribution in [2.75, 3.05) is 86.5 Å². The Balaban J connectivity index is 0.821. The van der Waals surface area contributed by atoms with E-state index in [0.29, 0.717) is 74.8 Å². The maximum Gasteiger partial charge on any atom is 0.342 e. The van der Waals surface area contributed by atoms with Gasteiger partial charge in [0.1, 0.15) is 17.5 Å². The fourth-order valence-corrected chi connectivity index (χ4v) is 8.81. The van der Waals surface area contributed by atoms with Crippen molar-refractivity contribution >= 4 is 70.2 Å². The Kier molecular flexibility index (Phi) is 11.9. The van der Waals surface area contributed by atoms with Gasteiger partial charge in [0, 0.05) is 70.4 Å². The highest BCUT2D eigenvalue weighted by Gasteiger charge is 2.48. The van der Waals surface area contributed by atoms with Crippen molar-refractivity contribution < 1.29 is 47.1 Å². The first-order valence-corrected chi connectivity index (χ1v) is 21.2. The highest BCUT2D eigenvalue weighted by Crippen LogP contribution is 2.38. The van der Waals surface area contributed by atoms with Crippen LogP contribution in [0.4, 0.5) is 37.6 Å². The number of carbonyl (C=O) groups is 7. The lowest BCUT2D eigenvalue weighted by atomic mass is 10.0. The van der Waals surface area contributed by atoms with Crippen molar-refractivity contribution in [3.63, 3.8) is 0 Å². The number of imide groups is 2. The number of carbonyl (C=O) groups excluding carboxylic acids is 7. The Hall–Kier alpha value is -6.77. The molecule has 3 fully saturated rings. The number of fused-ring (bicyclic) bond motifs is 2. The van der Waals surface area contributed by atoms with Crippen LogP contribution >= 0.6 is 0 Å². The number of alkyl halides is 2. The molecule has 3 N–H and O–H groups in total. The molecule has 1 aromatic heterocycles. The largest absolute Gasteiger partial charge is 0.495 e. The normalized spacial score (nSPS) is 20.6. The number of amides is 7. The summed E-state index contributed by atoms with van der Waals surface area (Å²) in [5.41, 5.74) is 1.94. The van der Waals surface area contributed by atoms with Gasteiger partial charge in [0.25, 0.3) is 23.6 Å². The van der Waals surface area contributed by atoms with E-state index in [1.165, 1.54) is 25.3 Å². The molecule has 3 saturated heterocycles. The summed E-state index contributed by atoms with van der Waals surface area (Å²) >= 11 is 0. The molecule has 1 atom stereocenters. The summed E-state index contributed by atoms with van der Waals surface area (Å²) < 4.78 is 35.1. The van der Waals surface area contributed by atoms with E-state index in [1.54, 1.807) is 55.1 Å². The summed E-state index contributed by atoms with van der Waals surface area (Å²) in [6.45, 7) is 5.82. The lowest BCUT2D eigenvalue weighted by molar-refractivity contribution is -0.140. The van der Waals surface area contributed by atoms with Gasteiger partial charge >= 0.3 is 5.92 Å². The predicted molar refractivity (Wildman–Crippen MR) is 228 cm³/mol. The minimum Gasteiger partial charge on any atom is -0.495 e. The molecule has 5 aliphatic rings. The quantitative estimate of drug-likeness (QED) is 0.249. The topological polar surface area (TPSA) is 210 Å². The maximum atomic E-state index is 14.8. The smallest absolute Gasteiger partial charge is 0.342 e. The molecule has 64 heavy (non-hydrogen) atoms. The first kappa shape index (κ1) is 43.9. The van der Waals surface area contributed by atoms with Crippen LogP contribution in [0.3, 0.4) is 0 Å². The number of piperazine rings is 1. The molecule has 8 rings (SSSR count). The number of aromatic nitrogens is 2. The number of methoxy groups -OCH3 is 1. The fraction of sp³-hybridized carbons (Fsp3) is 0.465. The monoisotopic (exact) mass is 885 g/mol. The molecule has 5 aliphatic heterocycles. The van der Waals surface area contributed by atoms with Crippen molar-refractivity contribution in [1.29, 1.82) is 0 Å². The second-order valence-corrected chi connectivity index (χ2v) is 16.8. The molecule has 6 heterocycles. The summed E-state index contributed by atoms with van der Waals surface area (Å²) in [6.07, 6.45) is 2.53. The summed E-state index contributed by atoms with van der Waals surface area (Å²) in [5, 5.41) is 8.32. The molecule has 0 spiro atoms. The third-order valence-electron chi connectivity index (χ3n) is 12.4. The molecule has 21 heteroatoms. The van der Waals surface area contributed by atoms with E-state index in [2.05, 4.69) is 25.9 Å². The number of hydrogen-bond acceptors (Lipinski definition) is 14. The van der Waals surface area contributed by atoms with Crippen LogP contribution in [0, 0.1) is 0 Å². The van der Waals surface area contributed by atoms with E-state index in [9.17, 15) is 42.3 Å². The molecule has 2 aromatic carbocycles. The van der Waals surface area contributed by atoms with Crippen LogP contribution in [0.15, 0.2) is 42.6 Å². The summed E-state index contributed by atoms with van der Waals surface area (Å²) in [4.78, 5) is 108. The van der Waals surface area contributed by atoms with Crippen molar-refractivity contribution in [3.05, 3.63) is 59.3 Å². The third kappa shape index (κ3) is 8.38. The number of ether oxygens (including phenoxy) is 1. The van der Waals surface area contributed by atoms with E-state index in [4.69, 9.17) is 4.74 Å². The summed E-state index contributed by atoms with van der Waals surface area (Å²) in [6, 6.07) is 8.21. The van der Waals surface area contributed by atoms with Gasteiger partial charge in [-0.25, -0.2) is 4.98 Å². The molecule has 0 saturated carbocycles. The number of anilines is 5. The number of halogens is 2. The van der Waals surface area contributed by atoms with Gasteiger partial charge in [0.05, 0.1) is 48.9 Å². The van der Waals surface area contributed by atoms with E-state index in [0.717, 1.165) is 9.80 Å². The Morgan fingerprint density at radius 1 is 0.953 bits per heavy atom. The minimum absolute atomic E-state index is 0.0267. The lowest BCUT2D eigenvalue weighted by Crippen LogP contribution is -2.54. The number of benzene rings is 2. The van der Waals surface area contributed by atoms with Gasteiger partial charge in [0.2, 0.25) is 23.7 Å².